The van der Waals surface area contributed by atoms with Crippen LogP contribution in [0.3, 0.4) is 0 Å². The molecule has 13 heteroatoms. The number of morpholine rings is 1. The number of carbonyl (C=O) groups excluding carboxylic acids is 1. The van der Waals surface area contributed by atoms with E-state index in [1.165, 1.54) is 53.9 Å². The van der Waals surface area contributed by atoms with Crippen LogP contribution in [0.4, 0.5) is 0 Å². The first kappa shape index (κ1) is 29.3. The van der Waals surface area contributed by atoms with Crippen molar-refractivity contribution in [1.82, 2.24) is 13.9 Å². The highest BCUT2D eigenvalue weighted by Gasteiger charge is 2.26. The minimum absolute atomic E-state index is 0.0184. The second kappa shape index (κ2) is 13.1. The lowest BCUT2D eigenvalue weighted by Gasteiger charge is -2.26. The van der Waals surface area contributed by atoms with E-state index in [4.69, 9.17) is 14.2 Å². The molecule has 0 aliphatic carbocycles. The Morgan fingerprint density at radius 1 is 0.897 bits per heavy atom. The van der Waals surface area contributed by atoms with Crippen LogP contribution in [-0.4, -0.2) is 91.6 Å². The van der Waals surface area contributed by atoms with Crippen molar-refractivity contribution in [3.05, 3.63) is 48.0 Å². The van der Waals surface area contributed by atoms with E-state index < -0.39 is 20.0 Å². The van der Waals surface area contributed by atoms with Crippen LogP contribution < -0.4 is 14.2 Å². The summed E-state index contributed by atoms with van der Waals surface area (Å²) in [5.41, 5.74) is 0.214. The number of methoxy groups -OCH3 is 1. The van der Waals surface area contributed by atoms with Crippen LogP contribution in [0.2, 0.25) is 0 Å². The lowest BCUT2D eigenvalue weighted by Crippen LogP contribution is -2.40. The molecule has 2 aromatic rings. The van der Waals surface area contributed by atoms with E-state index in [2.05, 4.69) is 4.72 Å². The molecule has 0 atom stereocenters. The number of hydrogen-bond donors (Lipinski definition) is 1. The van der Waals surface area contributed by atoms with Crippen LogP contribution in [0.15, 0.2) is 52.3 Å². The number of hydrogen-bond acceptors (Lipinski definition) is 8. The first-order valence-corrected chi connectivity index (χ1v) is 15.9. The van der Waals surface area contributed by atoms with E-state index in [1.54, 1.807) is 4.90 Å². The molecule has 4 rings (SSSR count). The summed E-state index contributed by atoms with van der Waals surface area (Å²) in [4.78, 5) is 15.0. The second-order valence-corrected chi connectivity index (χ2v) is 13.0. The quantitative estimate of drug-likeness (QED) is 0.422. The minimum Gasteiger partial charge on any atom is -0.496 e. The van der Waals surface area contributed by atoms with Gasteiger partial charge in [0.2, 0.25) is 20.0 Å². The van der Waals surface area contributed by atoms with Crippen LogP contribution in [0.5, 0.6) is 11.5 Å². The Kier molecular flexibility index (Phi) is 9.83. The monoisotopic (exact) mass is 581 g/mol. The number of ether oxygens (including phenoxy) is 3. The molecular weight excluding hydrogens is 546 g/mol. The van der Waals surface area contributed by atoms with Gasteiger partial charge in [0.25, 0.3) is 5.91 Å². The molecule has 2 aliphatic rings. The van der Waals surface area contributed by atoms with Crippen LogP contribution in [0.1, 0.15) is 36.0 Å². The summed E-state index contributed by atoms with van der Waals surface area (Å²) in [5.74, 6) is 0.490. The largest absolute Gasteiger partial charge is 0.496 e. The summed E-state index contributed by atoms with van der Waals surface area (Å²) in [6.45, 7) is 2.60. The second-order valence-electron chi connectivity index (χ2n) is 9.30. The summed E-state index contributed by atoms with van der Waals surface area (Å²) in [6.07, 6.45) is 3.97. The van der Waals surface area contributed by atoms with E-state index in [9.17, 15) is 21.6 Å². The Morgan fingerprint density at radius 2 is 1.54 bits per heavy atom. The van der Waals surface area contributed by atoms with E-state index in [1.807, 2.05) is 0 Å². The Bertz CT molecular complexity index is 1330. The van der Waals surface area contributed by atoms with Gasteiger partial charge in [-0.2, -0.15) is 4.31 Å². The predicted octanol–water partition coefficient (Wildman–Crippen LogP) is 2.09. The average Bonchev–Trinajstić information content (AvgIpc) is 3.25. The fourth-order valence-corrected chi connectivity index (χ4v) is 6.98. The number of sulfonamides is 2. The van der Waals surface area contributed by atoms with Gasteiger partial charge in [0.15, 0.2) is 0 Å². The lowest BCUT2D eigenvalue weighted by atomic mass is 10.1. The lowest BCUT2D eigenvalue weighted by molar-refractivity contribution is 0.0730. The number of rotatable bonds is 10. The maximum atomic E-state index is 13.2. The Balaban J connectivity index is 1.35. The molecule has 2 saturated heterocycles. The van der Waals surface area contributed by atoms with Gasteiger partial charge in [-0.05, 0) is 55.3 Å². The van der Waals surface area contributed by atoms with E-state index in [0.717, 1.165) is 25.7 Å². The molecule has 2 aromatic carbocycles. The van der Waals surface area contributed by atoms with Crippen molar-refractivity contribution in [2.45, 2.75) is 35.5 Å². The third-order valence-corrected chi connectivity index (χ3v) is 10.1. The Labute approximate surface area is 230 Å². The van der Waals surface area contributed by atoms with Crippen LogP contribution >= 0.6 is 0 Å². The molecule has 0 radical (unpaired) electrons. The zero-order valence-electron chi connectivity index (χ0n) is 22.0. The highest BCUT2D eigenvalue weighted by atomic mass is 32.2. The summed E-state index contributed by atoms with van der Waals surface area (Å²) in [6, 6.07) is 10.2. The zero-order chi connectivity index (χ0) is 27.9. The van der Waals surface area contributed by atoms with Gasteiger partial charge in [0.05, 0.1) is 35.7 Å². The molecule has 1 amide bonds. The van der Waals surface area contributed by atoms with Gasteiger partial charge in [-0.1, -0.05) is 12.8 Å². The highest BCUT2D eigenvalue weighted by Crippen LogP contribution is 2.25. The van der Waals surface area contributed by atoms with Crippen LogP contribution in [-0.2, 0) is 24.8 Å². The van der Waals surface area contributed by atoms with Gasteiger partial charge in [-0.25, -0.2) is 21.6 Å². The van der Waals surface area contributed by atoms with E-state index in [0.29, 0.717) is 50.9 Å². The van der Waals surface area contributed by atoms with Crippen molar-refractivity contribution < 1.29 is 35.8 Å². The molecule has 214 valence electrons. The molecule has 0 saturated carbocycles. The summed E-state index contributed by atoms with van der Waals surface area (Å²) in [7, 11) is -6.08. The average molecular weight is 582 g/mol. The van der Waals surface area contributed by atoms with Crippen LogP contribution in [0, 0.1) is 0 Å². The van der Waals surface area contributed by atoms with Gasteiger partial charge >= 0.3 is 0 Å². The summed E-state index contributed by atoms with van der Waals surface area (Å²) in [5, 5.41) is 0. The number of likely N-dealkylation sites (tertiary alicyclic amines) is 1. The zero-order valence-corrected chi connectivity index (χ0v) is 23.6. The maximum Gasteiger partial charge on any atom is 0.257 e. The van der Waals surface area contributed by atoms with Crippen molar-refractivity contribution in [3.63, 3.8) is 0 Å². The van der Waals surface area contributed by atoms with Crippen molar-refractivity contribution in [2.75, 3.05) is 59.7 Å². The summed E-state index contributed by atoms with van der Waals surface area (Å²) >= 11 is 0. The molecule has 0 bridgehead atoms. The third kappa shape index (κ3) is 7.28. The van der Waals surface area contributed by atoms with Gasteiger partial charge in [-0.15, -0.1) is 0 Å². The fourth-order valence-electron chi connectivity index (χ4n) is 4.54. The normalized spacial score (nSPS) is 17.4. The van der Waals surface area contributed by atoms with Crippen molar-refractivity contribution in [1.29, 1.82) is 0 Å². The highest BCUT2D eigenvalue weighted by molar-refractivity contribution is 7.89. The smallest absolute Gasteiger partial charge is 0.257 e. The molecule has 39 heavy (non-hydrogen) atoms. The first-order valence-electron chi connectivity index (χ1n) is 13.0. The number of amides is 1. The Morgan fingerprint density at radius 3 is 2.18 bits per heavy atom. The maximum absolute atomic E-state index is 13.2. The predicted molar refractivity (Wildman–Crippen MR) is 144 cm³/mol. The van der Waals surface area contributed by atoms with Gasteiger partial charge in [0, 0.05) is 32.7 Å². The molecule has 0 unspecified atom stereocenters. The number of benzene rings is 2. The fraction of sp³-hybridized carbons (Fsp3) is 0.500. The molecule has 2 aliphatic heterocycles. The number of carbonyl (C=O) groups is 1. The summed E-state index contributed by atoms with van der Waals surface area (Å²) < 4.78 is 71.4. The SMILES string of the molecule is COc1ccc(S(=O)(=O)NCCOc2ccc(S(=O)(=O)N3CCOCC3)cc2)cc1C(=O)N1CCCCCC1. The van der Waals surface area contributed by atoms with Gasteiger partial charge in [-0.3, -0.25) is 4.79 Å². The standard InChI is InChI=1S/C26H35N3O8S2/c1-35-25-11-10-23(20-24(25)26(30)28-13-4-2-3-5-14-28)38(31,32)27-12-17-37-21-6-8-22(9-7-21)39(33,34)29-15-18-36-19-16-29/h6-11,20,27H,2-5,12-19H2,1H3. The van der Waals surface area contributed by atoms with Gasteiger partial charge < -0.3 is 19.1 Å². The number of nitrogens with zero attached hydrogens (tertiary/aromatic N) is 2. The molecule has 0 spiro atoms. The Hall–Kier alpha value is -2.71. The van der Waals surface area contributed by atoms with Crippen molar-refractivity contribution in [2.24, 2.45) is 0 Å². The molecule has 11 nitrogen and oxygen atoms in total. The van der Waals surface area contributed by atoms with Gasteiger partial charge in [0.1, 0.15) is 18.1 Å². The third-order valence-electron chi connectivity index (χ3n) is 6.70. The minimum atomic E-state index is -3.92. The molecule has 1 N–H and O–H groups in total. The van der Waals surface area contributed by atoms with E-state index >= 15 is 0 Å². The topological polar surface area (TPSA) is 132 Å². The molecule has 2 heterocycles. The first-order chi connectivity index (χ1) is 18.7. The molecular formula is C26H35N3O8S2. The van der Waals surface area contributed by atoms with Crippen molar-refractivity contribution in [3.8, 4) is 11.5 Å². The van der Waals surface area contributed by atoms with Crippen molar-refractivity contribution >= 4 is 26.0 Å². The number of nitrogens with one attached hydrogen (secondary N) is 1. The van der Waals surface area contributed by atoms with Crippen LogP contribution in [0.25, 0.3) is 0 Å². The van der Waals surface area contributed by atoms with E-state index in [-0.39, 0.29) is 34.4 Å². The molecule has 0 aromatic heterocycles. The molecule has 2 fully saturated rings.